The molecule has 2 aromatic heterocycles. The first-order valence-electron chi connectivity index (χ1n) is 5.65. The number of hydrogen-bond acceptors (Lipinski definition) is 3. The Morgan fingerprint density at radius 1 is 1.21 bits per heavy atom. The maximum absolute atomic E-state index is 6.16. The molecule has 104 valence electrons. The van der Waals surface area contributed by atoms with Crippen molar-refractivity contribution >= 4 is 82.1 Å². The number of rotatable bonds is 5. The second-order valence-electron chi connectivity index (χ2n) is 3.94. The zero-order valence-corrected chi connectivity index (χ0v) is 17.1. The molecule has 1 nitrogen and oxygen atoms in total. The summed E-state index contributed by atoms with van der Waals surface area (Å²) in [4.78, 5) is 1.22. The van der Waals surface area contributed by atoms with E-state index < -0.39 is 0 Å². The van der Waals surface area contributed by atoms with E-state index in [9.17, 15) is 0 Å². The lowest BCUT2D eigenvalue weighted by Crippen LogP contribution is -2.22. The lowest BCUT2D eigenvalue weighted by Gasteiger charge is -2.16. The third-order valence-corrected chi connectivity index (χ3v) is 7.47. The molecular weight excluding hydrogens is 497 g/mol. The van der Waals surface area contributed by atoms with E-state index in [1.807, 2.05) is 6.07 Å². The number of halogens is 4. The molecule has 7 heteroatoms. The average molecular weight is 509 g/mol. The van der Waals surface area contributed by atoms with E-state index >= 15 is 0 Å². The van der Waals surface area contributed by atoms with E-state index in [2.05, 4.69) is 66.1 Å². The van der Waals surface area contributed by atoms with Crippen LogP contribution < -0.4 is 5.32 Å². The molecule has 2 heterocycles. The highest BCUT2D eigenvalue weighted by molar-refractivity contribution is 9.12. The molecule has 0 aromatic carbocycles. The van der Waals surface area contributed by atoms with E-state index in [1.165, 1.54) is 10.4 Å². The van der Waals surface area contributed by atoms with E-state index in [0.717, 1.165) is 29.3 Å². The third kappa shape index (κ3) is 4.05. The summed E-state index contributed by atoms with van der Waals surface area (Å²) in [6.07, 6.45) is 1.10. The molecular formula is C12H11Br3ClNS2. The molecule has 0 saturated carbocycles. The van der Waals surface area contributed by atoms with Crippen LogP contribution in [0.15, 0.2) is 23.5 Å². The molecule has 0 aliphatic rings. The fourth-order valence-electron chi connectivity index (χ4n) is 1.71. The van der Waals surface area contributed by atoms with Gasteiger partial charge in [0, 0.05) is 10.4 Å². The minimum atomic E-state index is 0.172. The van der Waals surface area contributed by atoms with Crippen LogP contribution in [0, 0.1) is 0 Å². The van der Waals surface area contributed by atoms with Crippen LogP contribution in [-0.2, 0) is 0 Å². The average Bonchev–Trinajstić information content (AvgIpc) is 2.84. The summed E-state index contributed by atoms with van der Waals surface area (Å²) in [5, 5.41) is 4.36. The second-order valence-corrected chi connectivity index (χ2v) is 10.5. The van der Waals surface area contributed by atoms with Crippen LogP contribution in [0.1, 0.15) is 29.8 Å². The van der Waals surface area contributed by atoms with Crippen LogP contribution in [0.25, 0.3) is 0 Å². The summed E-state index contributed by atoms with van der Waals surface area (Å²) >= 11 is 20.2. The highest BCUT2D eigenvalue weighted by Gasteiger charge is 2.21. The van der Waals surface area contributed by atoms with Crippen LogP contribution in [0.3, 0.4) is 0 Å². The monoisotopic (exact) mass is 505 g/mol. The van der Waals surface area contributed by atoms with Gasteiger partial charge in [-0.1, -0.05) is 18.5 Å². The zero-order valence-electron chi connectivity index (χ0n) is 9.97. The van der Waals surface area contributed by atoms with Crippen molar-refractivity contribution in [3.05, 3.63) is 39.0 Å². The summed E-state index contributed by atoms with van der Waals surface area (Å²) in [6, 6.07) is 4.36. The molecule has 1 atom stereocenters. The van der Waals surface area contributed by atoms with E-state index in [-0.39, 0.29) is 6.04 Å². The summed E-state index contributed by atoms with van der Waals surface area (Å²) < 4.78 is 3.26. The number of hydrogen-bond donors (Lipinski definition) is 1. The fourth-order valence-corrected chi connectivity index (χ4v) is 6.45. The van der Waals surface area contributed by atoms with Gasteiger partial charge in [0.1, 0.15) is 0 Å². The standard InChI is InChI=1S/C12H11Br3ClNS2/c1-2-3-17-10(6-4-9(13)19-11(6)14)8-5-7(16)12(15)18-8/h4-5,10,17H,2-3H2,1H3. The Balaban J connectivity index is 2.38. The first-order chi connectivity index (χ1) is 9.02. The normalized spacial score (nSPS) is 12.9. The van der Waals surface area contributed by atoms with Crippen molar-refractivity contribution in [1.29, 1.82) is 0 Å². The van der Waals surface area contributed by atoms with Gasteiger partial charge in [-0.15, -0.1) is 22.7 Å². The van der Waals surface area contributed by atoms with Gasteiger partial charge in [0.2, 0.25) is 0 Å². The molecule has 0 aliphatic heterocycles. The van der Waals surface area contributed by atoms with Crippen LogP contribution in [0.4, 0.5) is 0 Å². The van der Waals surface area contributed by atoms with Gasteiger partial charge in [0.05, 0.1) is 22.4 Å². The fraction of sp³-hybridized carbons (Fsp3) is 0.333. The molecule has 2 rings (SSSR count). The van der Waals surface area contributed by atoms with Gasteiger partial charge in [-0.3, -0.25) is 0 Å². The molecule has 0 spiro atoms. The smallest absolute Gasteiger partial charge is 0.0888 e. The maximum atomic E-state index is 6.16. The van der Waals surface area contributed by atoms with Crippen molar-refractivity contribution in [2.75, 3.05) is 6.54 Å². The van der Waals surface area contributed by atoms with Crippen molar-refractivity contribution in [3.63, 3.8) is 0 Å². The van der Waals surface area contributed by atoms with Gasteiger partial charge >= 0.3 is 0 Å². The molecule has 0 amide bonds. The van der Waals surface area contributed by atoms with Gasteiger partial charge in [0.25, 0.3) is 0 Å². The Hall–Kier alpha value is 1.09. The topological polar surface area (TPSA) is 12.0 Å². The van der Waals surface area contributed by atoms with Gasteiger partial charge in [0.15, 0.2) is 0 Å². The zero-order chi connectivity index (χ0) is 14.0. The Kier molecular flexibility index (Phi) is 6.40. The molecule has 0 aliphatic carbocycles. The lowest BCUT2D eigenvalue weighted by molar-refractivity contribution is 0.606. The largest absolute Gasteiger partial charge is 0.306 e. The quantitative estimate of drug-likeness (QED) is 0.466. The second kappa shape index (κ2) is 7.38. The number of nitrogens with one attached hydrogen (secondary N) is 1. The first kappa shape index (κ1) is 16.5. The Morgan fingerprint density at radius 2 is 1.95 bits per heavy atom. The van der Waals surface area contributed by atoms with Crippen molar-refractivity contribution in [3.8, 4) is 0 Å². The highest BCUT2D eigenvalue weighted by atomic mass is 79.9. The molecule has 0 radical (unpaired) electrons. The van der Waals surface area contributed by atoms with Gasteiger partial charge in [-0.2, -0.15) is 0 Å². The predicted molar refractivity (Wildman–Crippen MR) is 96.9 cm³/mol. The predicted octanol–water partition coefficient (Wildman–Crippen LogP) is 6.84. The summed E-state index contributed by atoms with van der Waals surface area (Å²) in [5.41, 5.74) is 1.25. The van der Waals surface area contributed by atoms with Gasteiger partial charge in [-0.25, -0.2) is 0 Å². The molecule has 1 unspecified atom stereocenters. The SMILES string of the molecule is CCCNC(c1cc(Cl)c(Br)s1)c1cc(Br)sc1Br. The molecule has 0 fully saturated rings. The van der Waals surface area contributed by atoms with Gasteiger partial charge < -0.3 is 5.32 Å². The van der Waals surface area contributed by atoms with E-state index in [1.54, 1.807) is 22.7 Å². The lowest BCUT2D eigenvalue weighted by atomic mass is 10.1. The first-order valence-corrected chi connectivity index (χ1v) is 10.0. The van der Waals surface area contributed by atoms with Crippen molar-refractivity contribution < 1.29 is 0 Å². The van der Waals surface area contributed by atoms with Gasteiger partial charge in [-0.05, 0) is 72.9 Å². The Bertz CT molecular complexity index is 548. The number of thiophene rings is 2. The minimum Gasteiger partial charge on any atom is -0.306 e. The van der Waals surface area contributed by atoms with Crippen molar-refractivity contribution in [2.24, 2.45) is 0 Å². The molecule has 0 saturated heterocycles. The van der Waals surface area contributed by atoms with Crippen molar-refractivity contribution in [1.82, 2.24) is 5.32 Å². The summed E-state index contributed by atoms with van der Waals surface area (Å²) in [5.74, 6) is 0. The molecule has 1 N–H and O–H groups in total. The Morgan fingerprint density at radius 3 is 2.42 bits per heavy atom. The van der Waals surface area contributed by atoms with Crippen LogP contribution in [0.2, 0.25) is 5.02 Å². The summed E-state index contributed by atoms with van der Waals surface area (Å²) in [6.45, 7) is 3.14. The molecule has 19 heavy (non-hydrogen) atoms. The molecule has 0 bridgehead atoms. The van der Waals surface area contributed by atoms with Crippen molar-refractivity contribution in [2.45, 2.75) is 19.4 Å². The maximum Gasteiger partial charge on any atom is 0.0888 e. The van der Waals surface area contributed by atoms with Crippen LogP contribution >= 0.6 is 82.1 Å². The van der Waals surface area contributed by atoms with E-state index in [4.69, 9.17) is 11.6 Å². The summed E-state index contributed by atoms with van der Waals surface area (Å²) in [7, 11) is 0. The Labute approximate surface area is 151 Å². The van der Waals surface area contributed by atoms with Crippen LogP contribution in [0.5, 0.6) is 0 Å². The minimum absolute atomic E-state index is 0.172. The highest BCUT2D eigenvalue weighted by Crippen LogP contribution is 2.42. The third-order valence-electron chi connectivity index (χ3n) is 2.54. The van der Waals surface area contributed by atoms with E-state index in [0.29, 0.717) is 0 Å². The molecule has 2 aromatic rings. The van der Waals surface area contributed by atoms with Crippen LogP contribution in [-0.4, -0.2) is 6.54 Å².